The predicted octanol–water partition coefficient (Wildman–Crippen LogP) is 2.35. The average Bonchev–Trinajstić information content (AvgIpc) is 2.61. The minimum atomic E-state index is -3.49. The van der Waals surface area contributed by atoms with Crippen LogP contribution in [0.1, 0.15) is 12.0 Å². The lowest BCUT2D eigenvalue weighted by Crippen LogP contribution is -2.22. The number of hydrogen-bond acceptors (Lipinski definition) is 6. The van der Waals surface area contributed by atoms with Gasteiger partial charge in [-0.15, -0.1) is 0 Å². The number of carbonyl (C=O) groups excluding carboxylic acids is 2. The second kappa shape index (κ2) is 9.18. The molecule has 1 N–H and O–H groups in total. The molecule has 0 spiro atoms. The molecular formula is C19H21NO6S. The molecule has 2 aromatic rings. The van der Waals surface area contributed by atoms with Crippen molar-refractivity contribution < 1.29 is 27.5 Å². The molecule has 8 heteroatoms. The van der Waals surface area contributed by atoms with Gasteiger partial charge in [-0.3, -0.25) is 9.59 Å². The molecule has 2 rings (SSSR count). The molecule has 0 fully saturated rings. The summed E-state index contributed by atoms with van der Waals surface area (Å²) in [6.07, 6.45) is 1.03. The number of benzene rings is 2. The van der Waals surface area contributed by atoms with Crippen molar-refractivity contribution in [2.24, 2.45) is 0 Å². The number of esters is 1. The molecule has 0 saturated carbocycles. The summed E-state index contributed by atoms with van der Waals surface area (Å²) in [7, 11) is -3.49. The number of anilines is 1. The number of amides is 1. The maximum absolute atomic E-state index is 11.9. The third-order valence-corrected chi connectivity index (χ3v) is 4.68. The monoisotopic (exact) mass is 391 g/mol. The minimum absolute atomic E-state index is 0.00354. The van der Waals surface area contributed by atoms with Gasteiger partial charge in [-0.05, 0) is 31.2 Å². The molecule has 1 amide bonds. The van der Waals surface area contributed by atoms with Crippen LogP contribution in [0.5, 0.6) is 5.75 Å². The van der Waals surface area contributed by atoms with Crippen LogP contribution in [0.3, 0.4) is 0 Å². The van der Waals surface area contributed by atoms with Gasteiger partial charge in [-0.2, -0.15) is 0 Å². The third kappa shape index (κ3) is 6.74. The first-order valence-electron chi connectivity index (χ1n) is 8.20. The summed E-state index contributed by atoms with van der Waals surface area (Å²) in [4.78, 5) is 23.6. The first-order chi connectivity index (χ1) is 12.8. The summed E-state index contributed by atoms with van der Waals surface area (Å²) < 4.78 is 33.7. The molecule has 27 heavy (non-hydrogen) atoms. The normalized spacial score (nSPS) is 10.9. The lowest BCUT2D eigenvalue weighted by molar-refractivity contribution is -0.147. The van der Waals surface area contributed by atoms with Crippen LogP contribution in [0.2, 0.25) is 0 Å². The lowest BCUT2D eigenvalue weighted by Gasteiger charge is -2.10. The Morgan fingerprint density at radius 1 is 1.04 bits per heavy atom. The standard InChI is InChI=1S/C19H21NO6S/c1-14-7-9-15(10-8-14)25-12-11-19(22)26-13-18(21)20-16-5-3-4-6-17(16)27(2,23)24/h3-10H,11-13H2,1-2H3,(H,20,21). The first kappa shape index (κ1) is 20.4. The predicted molar refractivity (Wildman–Crippen MR) is 100 cm³/mol. The van der Waals surface area contributed by atoms with Gasteiger partial charge in [0.05, 0.1) is 23.6 Å². The second-order valence-corrected chi connectivity index (χ2v) is 7.87. The van der Waals surface area contributed by atoms with Crippen LogP contribution >= 0.6 is 0 Å². The number of para-hydroxylation sites is 1. The Morgan fingerprint density at radius 2 is 1.70 bits per heavy atom. The van der Waals surface area contributed by atoms with Crippen LogP contribution in [-0.4, -0.2) is 39.8 Å². The van der Waals surface area contributed by atoms with Gasteiger partial charge in [0.2, 0.25) is 0 Å². The molecule has 0 aliphatic rings. The number of aryl methyl sites for hydroxylation is 1. The average molecular weight is 391 g/mol. The van der Waals surface area contributed by atoms with Crippen molar-refractivity contribution in [2.45, 2.75) is 18.2 Å². The maximum Gasteiger partial charge on any atom is 0.309 e. The second-order valence-electron chi connectivity index (χ2n) is 5.89. The van der Waals surface area contributed by atoms with Crippen LogP contribution in [-0.2, 0) is 24.2 Å². The Kier molecular flexibility index (Phi) is 6.95. The number of rotatable bonds is 8. The van der Waals surface area contributed by atoms with Gasteiger partial charge in [0.1, 0.15) is 5.75 Å². The van der Waals surface area contributed by atoms with Crippen LogP contribution in [0.4, 0.5) is 5.69 Å². The summed E-state index contributed by atoms with van der Waals surface area (Å²) in [6.45, 7) is 1.57. The largest absolute Gasteiger partial charge is 0.493 e. The zero-order valence-electron chi connectivity index (χ0n) is 15.1. The number of ether oxygens (including phenoxy) is 2. The van der Waals surface area contributed by atoms with E-state index in [2.05, 4.69) is 5.32 Å². The SMILES string of the molecule is Cc1ccc(OCCC(=O)OCC(=O)Nc2ccccc2S(C)(=O)=O)cc1. The quantitative estimate of drug-likeness (QED) is 0.694. The van der Waals surface area contributed by atoms with Crippen molar-refractivity contribution in [3.8, 4) is 5.75 Å². The van der Waals surface area contributed by atoms with Crippen LogP contribution in [0.25, 0.3) is 0 Å². The van der Waals surface area contributed by atoms with E-state index in [1.807, 2.05) is 19.1 Å². The van der Waals surface area contributed by atoms with Gasteiger partial charge in [0.15, 0.2) is 16.4 Å². The van der Waals surface area contributed by atoms with Crippen molar-refractivity contribution in [2.75, 3.05) is 24.8 Å². The molecule has 0 radical (unpaired) electrons. The number of carbonyl (C=O) groups is 2. The van der Waals surface area contributed by atoms with Gasteiger partial charge in [-0.1, -0.05) is 29.8 Å². The molecule has 0 atom stereocenters. The summed E-state index contributed by atoms with van der Waals surface area (Å²) in [5.41, 5.74) is 1.24. The van der Waals surface area contributed by atoms with Gasteiger partial charge in [0.25, 0.3) is 5.91 Å². The number of nitrogens with one attached hydrogen (secondary N) is 1. The zero-order valence-corrected chi connectivity index (χ0v) is 15.9. The fraction of sp³-hybridized carbons (Fsp3) is 0.263. The molecule has 2 aromatic carbocycles. The van der Waals surface area contributed by atoms with Crippen molar-refractivity contribution in [1.29, 1.82) is 0 Å². The molecule has 7 nitrogen and oxygen atoms in total. The highest BCUT2D eigenvalue weighted by Gasteiger charge is 2.15. The smallest absolute Gasteiger partial charge is 0.309 e. The van der Waals surface area contributed by atoms with E-state index in [1.165, 1.54) is 12.1 Å². The Balaban J connectivity index is 1.77. The van der Waals surface area contributed by atoms with Crippen molar-refractivity contribution in [3.63, 3.8) is 0 Å². The molecule has 0 saturated heterocycles. The van der Waals surface area contributed by atoms with Crippen molar-refractivity contribution in [3.05, 3.63) is 54.1 Å². The number of hydrogen-bond donors (Lipinski definition) is 1. The highest BCUT2D eigenvalue weighted by Crippen LogP contribution is 2.20. The molecule has 144 valence electrons. The Hall–Kier alpha value is -2.87. The zero-order chi connectivity index (χ0) is 19.9. The molecule has 0 heterocycles. The minimum Gasteiger partial charge on any atom is -0.493 e. The molecule has 0 bridgehead atoms. The topological polar surface area (TPSA) is 98.8 Å². The molecule has 0 aliphatic heterocycles. The summed E-state index contributed by atoms with van der Waals surface area (Å²) >= 11 is 0. The lowest BCUT2D eigenvalue weighted by atomic mass is 10.2. The van der Waals surface area contributed by atoms with Crippen LogP contribution < -0.4 is 10.1 Å². The summed E-state index contributed by atoms with van der Waals surface area (Å²) in [5, 5.41) is 2.43. The van der Waals surface area contributed by atoms with E-state index >= 15 is 0 Å². The summed E-state index contributed by atoms with van der Waals surface area (Å²) in [5.74, 6) is -0.573. The van der Waals surface area contributed by atoms with Crippen LogP contribution in [0.15, 0.2) is 53.4 Å². The van der Waals surface area contributed by atoms with E-state index in [0.29, 0.717) is 5.75 Å². The number of sulfone groups is 1. The first-order valence-corrected chi connectivity index (χ1v) is 10.1. The molecule has 0 unspecified atom stereocenters. The van der Waals surface area contributed by atoms with Gasteiger partial charge >= 0.3 is 5.97 Å². The van der Waals surface area contributed by atoms with E-state index in [4.69, 9.17) is 9.47 Å². The van der Waals surface area contributed by atoms with Gasteiger partial charge in [0, 0.05) is 6.26 Å². The summed E-state index contributed by atoms with van der Waals surface area (Å²) in [6, 6.07) is 13.4. The highest BCUT2D eigenvalue weighted by molar-refractivity contribution is 7.90. The van der Waals surface area contributed by atoms with Crippen molar-refractivity contribution in [1.82, 2.24) is 0 Å². The maximum atomic E-state index is 11.9. The highest BCUT2D eigenvalue weighted by atomic mass is 32.2. The molecule has 0 aliphatic carbocycles. The van der Waals surface area contributed by atoms with E-state index in [1.54, 1.807) is 24.3 Å². The van der Waals surface area contributed by atoms with Gasteiger partial charge in [-0.25, -0.2) is 8.42 Å². The van der Waals surface area contributed by atoms with Crippen molar-refractivity contribution >= 4 is 27.4 Å². The van der Waals surface area contributed by atoms with Gasteiger partial charge < -0.3 is 14.8 Å². The fourth-order valence-electron chi connectivity index (χ4n) is 2.18. The van der Waals surface area contributed by atoms with E-state index in [-0.39, 0.29) is 23.6 Å². The molecule has 0 aromatic heterocycles. The van der Waals surface area contributed by atoms with Crippen LogP contribution in [0, 0.1) is 6.92 Å². The van der Waals surface area contributed by atoms with E-state index in [0.717, 1.165) is 11.8 Å². The Bertz CT molecular complexity index is 906. The Morgan fingerprint density at radius 3 is 2.37 bits per heavy atom. The fourth-order valence-corrected chi connectivity index (χ4v) is 3.03. The molecular weight excluding hydrogens is 370 g/mol. The van der Waals surface area contributed by atoms with E-state index in [9.17, 15) is 18.0 Å². The Labute approximate surface area is 158 Å². The van der Waals surface area contributed by atoms with E-state index < -0.39 is 28.3 Å². The third-order valence-electron chi connectivity index (χ3n) is 3.52.